The van der Waals surface area contributed by atoms with Crippen molar-refractivity contribution in [1.82, 2.24) is 20.0 Å². The molecule has 2 aromatic carbocycles. The van der Waals surface area contributed by atoms with Crippen LogP contribution in [0.3, 0.4) is 0 Å². The number of hydrogen-bond donors (Lipinski definition) is 0. The molecule has 1 amide bonds. The van der Waals surface area contributed by atoms with Crippen molar-refractivity contribution < 1.29 is 14.1 Å². The van der Waals surface area contributed by atoms with Crippen molar-refractivity contribution in [3.05, 3.63) is 84.2 Å². The van der Waals surface area contributed by atoms with E-state index in [9.17, 15) is 4.79 Å². The second-order valence-electron chi connectivity index (χ2n) is 7.45. The Labute approximate surface area is 179 Å². The van der Waals surface area contributed by atoms with Gasteiger partial charge in [-0.25, -0.2) is 0 Å². The first kappa shape index (κ1) is 19.0. The Morgan fingerprint density at radius 1 is 1.00 bits per heavy atom. The lowest BCUT2D eigenvalue weighted by molar-refractivity contribution is 0.0177. The zero-order valence-electron chi connectivity index (χ0n) is 16.9. The first-order chi connectivity index (χ1) is 15.2. The summed E-state index contributed by atoms with van der Waals surface area (Å²) in [5.41, 5.74) is 3.22. The average molecular weight is 412 g/mol. The van der Waals surface area contributed by atoms with Crippen LogP contribution in [0.25, 0.3) is 22.8 Å². The summed E-state index contributed by atoms with van der Waals surface area (Å²) in [6.07, 6.45) is 1.59. The summed E-state index contributed by atoms with van der Waals surface area (Å²) in [5, 5.41) is 4.07. The van der Waals surface area contributed by atoms with Crippen LogP contribution in [0.4, 0.5) is 0 Å². The van der Waals surface area contributed by atoms with Gasteiger partial charge in [-0.2, -0.15) is 4.98 Å². The maximum absolute atomic E-state index is 12.4. The summed E-state index contributed by atoms with van der Waals surface area (Å²) in [5.74, 6) is 1.73. The molecule has 7 nitrogen and oxygen atoms in total. The van der Waals surface area contributed by atoms with Crippen LogP contribution in [-0.2, 0) is 0 Å². The topological polar surface area (TPSA) is 81.4 Å². The molecule has 0 N–H and O–H groups in total. The molecule has 0 bridgehead atoms. The van der Waals surface area contributed by atoms with Crippen molar-refractivity contribution in [2.24, 2.45) is 0 Å². The van der Waals surface area contributed by atoms with Crippen LogP contribution in [0.15, 0.2) is 77.4 Å². The minimum atomic E-state index is -0.0249. The zero-order valence-corrected chi connectivity index (χ0v) is 16.9. The van der Waals surface area contributed by atoms with Crippen molar-refractivity contribution in [1.29, 1.82) is 0 Å². The van der Waals surface area contributed by atoms with Crippen molar-refractivity contribution in [2.75, 3.05) is 13.1 Å². The maximum atomic E-state index is 12.4. The SMILES string of the molecule is Cc1ccc(C(=O)N2CC(Oc3ccc(-c4noc(-c5ccccc5)n4)cc3)C2)cn1. The number of aryl methyl sites for hydroxylation is 1. The summed E-state index contributed by atoms with van der Waals surface area (Å²) in [7, 11) is 0. The Kier molecular flexibility index (Phi) is 4.92. The molecule has 31 heavy (non-hydrogen) atoms. The lowest BCUT2D eigenvalue weighted by Crippen LogP contribution is -2.56. The maximum Gasteiger partial charge on any atom is 0.258 e. The van der Waals surface area contributed by atoms with Gasteiger partial charge in [0.2, 0.25) is 5.82 Å². The third-order valence-corrected chi connectivity index (χ3v) is 5.16. The van der Waals surface area contributed by atoms with Gasteiger partial charge in [-0.1, -0.05) is 23.4 Å². The molecule has 1 aliphatic rings. The molecule has 0 radical (unpaired) electrons. The standard InChI is InChI=1S/C24H20N4O3/c1-16-7-8-19(13-25-16)24(29)28-14-21(15-28)30-20-11-9-17(10-12-20)22-26-23(31-27-22)18-5-3-2-4-6-18/h2-13,21H,14-15H2,1H3. The number of benzene rings is 2. The number of pyridine rings is 1. The predicted molar refractivity (Wildman–Crippen MR) is 114 cm³/mol. The Morgan fingerprint density at radius 2 is 1.77 bits per heavy atom. The Bertz CT molecular complexity index is 1180. The van der Waals surface area contributed by atoms with E-state index in [2.05, 4.69) is 15.1 Å². The number of amides is 1. The number of likely N-dealkylation sites (tertiary alicyclic amines) is 1. The molecule has 0 aliphatic carbocycles. The van der Waals surface area contributed by atoms with E-state index >= 15 is 0 Å². The fraction of sp³-hybridized carbons (Fsp3) is 0.167. The van der Waals surface area contributed by atoms with Gasteiger partial charge in [0.25, 0.3) is 11.8 Å². The number of aromatic nitrogens is 3. The van der Waals surface area contributed by atoms with Gasteiger partial charge in [-0.15, -0.1) is 0 Å². The van der Waals surface area contributed by atoms with Crippen molar-refractivity contribution in [3.63, 3.8) is 0 Å². The minimum absolute atomic E-state index is 0.0194. The van der Waals surface area contributed by atoms with E-state index in [0.717, 1.165) is 22.6 Å². The van der Waals surface area contributed by atoms with Crippen LogP contribution in [0, 0.1) is 6.92 Å². The number of rotatable bonds is 5. The van der Waals surface area contributed by atoms with Gasteiger partial charge in [0.05, 0.1) is 18.7 Å². The van der Waals surface area contributed by atoms with Crippen molar-refractivity contribution in [3.8, 4) is 28.6 Å². The summed E-state index contributed by atoms with van der Waals surface area (Å²) >= 11 is 0. The highest BCUT2D eigenvalue weighted by atomic mass is 16.5. The molecular weight excluding hydrogens is 392 g/mol. The van der Waals surface area contributed by atoms with Crippen LogP contribution in [0.1, 0.15) is 16.1 Å². The number of carbonyl (C=O) groups is 1. The first-order valence-electron chi connectivity index (χ1n) is 10.0. The Balaban J connectivity index is 1.18. The van der Waals surface area contributed by atoms with Crippen LogP contribution in [0.5, 0.6) is 5.75 Å². The van der Waals surface area contributed by atoms with Crippen LogP contribution >= 0.6 is 0 Å². The summed E-state index contributed by atoms with van der Waals surface area (Å²) in [4.78, 5) is 22.9. The highest BCUT2D eigenvalue weighted by Gasteiger charge is 2.33. The lowest BCUT2D eigenvalue weighted by Gasteiger charge is -2.39. The summed E-state index contributed by atoms with van der Waals surface area (Å²) in [6.45, 7) is 3.01. The monoisotopic (exact) mass is 412 g/mol. The molecule has 1 aliphatic heterocycles. The fourth-order valence-corrected chi connectivity index (χ4v) is 3.37. The van der Waals surface area contributed by atoms with E-state index in [-0.39, 0.29) is 12.0 Å². The highest BCUT2D eigenvalue weighted by molar-refractivity contribution is 5.94. The molecule has 4 aromatic rings. The van der Waals surface area contributed by atoms with Gasteiger partial charge in [-0.3, -0.25) is 9.78 Å². The molecule has 1 saturated heterocycles. The number of nitrogens with zero attached hydrogens (tertiary/aromatic N) is 4. The van der Waals surface area contributed by atoms with E-state index in [1.807, 2.05) is 67.6 Å². The summed E-state index contributed by atoms with van der Waals surface area (Å²) in [6, 6.07) is 20.8. The van der Waals surface area contributed by atoms with Crippen LogP contribution < -0.4 is 4.74 Å². The smallest absolute Gasteiger partial charge is 0.258 e. The molecule has 0 saturated carbocycles. The highest BCUT2D eigenvalue weighted by Crippen LogP contribution is 2.25. The largest absolute Gasteiger partial charge is 0.487 e. The molecule has 0 unspecified atom stereocenters. The Morgan fingerprint density at radius 3 is 2.48 bits per heavy atom. The lowest BCUT2D eigenvalue weighted by atomic mass is 10.1. The third-order valence-electron chi connectivity index (χ3n) is 5.16. The zero-order chi connectivity index (χ0) is 21.2. The minimum Gasteiger partial charge on any atom is -0.487 e. The van der Waals surface area contributed by atoms with Crippen molar-refractivity contribution in [2.45, 2.75) is 13.0 Å². The number of carbonyl (C=O) groups excluding carboxylic acids is 1. The van der Waals surface area contributed by atoms with E-state index < -0.39 is 0 Å². The molecule has 3 heterocycles. The third kappa shape index (κ3) is 4.02. The van der Waals surface area contributed by atoms with Gasteiger partial charge in [0.15, 0.2) is 0 Å². The van der Waals surface area contributed by atoms with Crippen LogP contribution in [0.2, 0.25) is 0 Å². The van der Waals surface area contributed by atoms with Gasteiger partial charge in [-0.05, 0) is 55.5 Å². The predicted octanol–water partition coefficient (Wildman–Crippen LogP) is 4.01. The fourth-order valence-electron chi connectivity index (χ4n) is 3.37. The van der Waals surface area contributed by atoms with E-state index in [0.29, 0.717) is 30.4 Å². The average Bonchev–Trinajstić information content (AvgIpc) is 3.27. The molecule has 0 atom stereocenters. The second-order valence-corrected chi connectivity index (χ2v) is 7.45. The first-order valence-corrected chi connectivity index (χ1v) is 10.0. The van der Waals surface area contributed by atoms with Gasteiger partial charge in [0, 0.05) is 23.0 Å². The molecule has 7 heteroatoms. The quantitative estimate of drug-likeness (QED) is 0.493. The van der Waals surface area contributed by atoms with Crippen LogP contribution in [-0.4, -0.2) is 45.1 Å². The number of hydrogen-bond acceptors (Lipinski definition) is 6. The van der Waals surface area contributed by atoms with Crippen molar-refractivity contribution >= 4 is 5.91 Å². The molecule has 5 rings (SSSR count). The summed E-state index contributed by atoms with van der Waals surface area (Å²) < 4.78 is 11.3. The Hall–Kier alpha value is -4.00. The van der Waals surface area contributed by atoms with E-state index in [1.165, 1.54) is 0 Å². The number of ether oxygens (including phenoxy) is 1. The van der Waals surface area contributed by atoms with E-state index in [1.54, 1.807) is 17.2 Å². The molecule has 2 aromatic heterocycles. The van der Waals surface area contributed by atoms with Gasteiger partial charge in [0.1, 0.15) is 11.9 Å². The van der Waals surface area contributed by atoms with Gasteiger partial charge < -0.3 is 14.2 Å². The second kappa shape index (κ2) is 8.02. The molecule has 0 spiro atoms. The molecule has 1 fully saturated rings. The molecule has 154 valence electrons. The molecular formula is C24H20N4O3. The van der Waals surface area contributed by atoms with Gasteiger partial charge >= 0.3 is 0 Å². The van der Waals surface area contributed by atoms with E-state index in [4.69, 9.17) is 9.26 Å². The normalized spacial score (nSPS) is 13.6.